The molecule has 0 aliphatic rings. The predicted octanol–water partition coefficient (Wildman–Crippen LogP) is 2.41. The largest absolute Gasteiger partial charge is 0.325 e. The van der Waals surface area contributed by atoms with Gasteiger partial charge in [0.05, 0.1) is 16.2 Å². The van der Waals surface area contributed by atoms with Crippen molar-refractivity contribution in [2.75, 3.05) is 4.72 Å². The zero-order valence-corrected chi connectivity index (χ0v) is 11.7. The Morgan fingerprint density at radius 3 is 2.50 bits per heavy atom. The van der Waals surface area contributed by atoms with E-state index in [1.165, 1.54) is 24.3 Å². The van der Waals surface area contributed by atoms with Crippen LogP contribution in [0, 0.1) is 27.3 Å². The van der Waals surface area contributed by atoms with E-state index in [-0.39, 0.29) is 11.3 Å². The van der Waals surface area contributed by atoms with Gasteiger partial charge < -0.3 is 0 Å². The molecule has 0 atom stereocenters. The quantitative estimate of drug-likeness (QED) is 0.686. The topological polar surface area (TPSA) is 113 Å². The molecule has 2 aromatic rings. The molecule has 0 bridgehead atoms. The van der Waals surface area contributed by atoms with Gasteiger partial charge in [-0.15, -0.1) is 0 Å². The molecule has 1 N–H and O–H groups in total. The summed E-state index contributed by atoms with van der Waals surface area (Å²) in [6, 6.07) is 10.2. The summed E-state index contributed by atoms with van der Waals surface area (Å²) in [5.41, 5.74) is -1.17. The van der Waals surface area contributed by atoms with Crippen LogP contribution in [-0.4, -0.2) is 13.3 Å². The van der Waals surface area contributed by atoms with Crippen molar-refractivity contribution >= 4 is 21.4 Å². The Bertz CT molecular complexity index is 890. The van der Waals surface area contributed by atoms with Crippen molar-refractivity contribution < 1.29 is 17.7 Å². The molecule has 7 nitrogen and oxygen atoms in total. The first kappa shape index (κ1) is 15.4. The summed E-state index contributed by atoms with van der Waals surface area (Å²) in [6.45, 7) is 0. The highest BCUT2D eigenvalue weighted by molar-refractivity contribution is 7.92. The zero-order chi connectivity index (χ0) is 16.3. The van der Waals surface area contributed by atoms with Gasteiger partial charge in [-0.1, -0.05) is 18.2 Å². The van der Waals surface area contributed by atoms with Crippen molar-refractivity contribution in [1.29, 1.82) is 5.26 Å². The van der Waals surface area contributed by atoms with Crippen LogP contribution in [-0.2, 0) is 10.0 Å². The second-order valence-corrected chi connectivity index (χ2v) is 5.76. The maximum Gasteiger partial charge on any atom is 0.325 e. The van der Waals surface area contributed by atoms with E-state index < -0.39 is 31.3 Å². The number of anilines is 1. The van der Waals surface area contributed by atoms with Gasteiger partial charge in [-0.2, -0.15) is 9.65 Å². The number of nitro benzene ring substituents is 1. The average Bonchev–Trinajstić information content (AvgIpc) is 2.46. The molecule has 112 valence electrons. The summed E-state index contributed by atoms with van der Waals surface area (Å²) in [5.74, 6) is -1.26. The third-order valence-corrected chi connectivity index (χ3v) is 4.11. The number of sulfonamides is 1. The van der Waals surface area contributed by atoms with E-state index in [2.05, 4.69) is 4.72 Å². The summed E-state index contributed by atoms with van der Waals surface area (Å²) in [6.07, 6.45) is 0. The Hall–Kier alpha value is -2.99. The lowest BCUT2D eigenvalue weighted by atomic mass is 10.2. The Morgan fingerprint density at radius 1 is 1.18 bits per heavy atom. The lowest BCUT2D eigenvalue weighted by molar-refractivity contribution is -0.390. The molecule has 0 saturated heterocycles. The van der Waals surface area contributed by atoms with E-state index in [0.717, 1.165) is 18.2 Å². The number of nitriles is 1. The molecule has 0 heterocycles. The van der Waals surface area contributed by atoms with E-state index in [4.69, 9.17) is 5.26 Å². The van der Waals surface area contributed by atoms with Crippen molar-refractivity contribution in [3.63, 3.8) is 0 Å². The van der Waals surface area contributed by atoms with Crippen LogP contribution in [0.3, 0.4) is 0 Å². The van der Waals surface area contributed by atoms with E-state index in [9.17, 15) is 22.9 Å². The molecule has 0 radical (unpaired) electrons. The number of para-hydroxylation sites is 2. The highest BCUT2D eigenvalue weighted by Gasteiger charge is 2.29. The van der Waals surface area contributed by atoms with Crippen LogP contribution in [0.4, 0.5) is 15.8 Å². The summed E-state index contributed by atoms with van der Waals surface area (Å²) in [4.78, 5) is 8.96. The van der Waals surface area contributed by atoms with Gasteiger partial charge in [0.1, 0.15) is 6.07 Å². The number of nitrogens with one attached hydrogen (secondary N) is 1. The van der Waals surface area contributed by atoms with Crippen molar-refractivity contribution in [2.24, 2.45) is 0 Å². The van der Waals surface area contributed by atoms with Gasteiger partial charge in [0.2, 0.25) is 5.82 Å². The Kier molecular flexibility index (Phi) is 4.05. The van der Waals surface area contributed by atoms with Crippen LogP contribution in [0.1, 0.15) is 5.56 Å². The first-order valence-electron chi connectivity index (χ1n) is 5.81. The SMILES string of the molecule is N#Cc1ccccc1NS(=O)(=O)c1cccc(F)c1[N+](=O)[O-]. The second kappa shape index (κ2) is 5.79. The van der Waals surface area contributed by atoms with Gasteiger partial charge in [0, 0.05) is 0 Å². The summed E-state index contributed by atoms with van der Waals surface area (Å²) < 4.78 is 40.1. The van der Waals surface area contributed by atoms with Gasteiger partial charge in [0.25, 0.3) is 10.0 Å². The summed E-state index contributed by atoms with van der Waals surface area (Å²) in [5, 5.41) is 19.8. The molecular formula is C13H8FN3O4S. The fourth-order valence-electron chi connectivity index (χ4n) is 1.76. The third-order valence-electron chi connectivity index (χ3n) is 2.71. The predicted molar refractivity (Wildman–Crippen MR) is 75.0 cm³/mol. The Morgan fingerprint density at radius 2 is 1.86 bits per heavy atom. The summed E-state index contributed by atoms with van der Waals surface area (Å²) >= 11 is 0. The first-order chi connectivity index (χ1) is 10.4. The highest BCUT2D eigenvalue weighted by atomic mass is 32.2. The number of rotatable bonds is 4. The number of halogens is 1. The molecule has 0 aliphatic heterocycles. The molecular weight excluding hydrogens is 313 g/mol. The monoisotopic (exact) mass is 321 g/mol. The highest BCUT2D eigenvalue weighted by Crippen LogP contribution is 2.28. The fraction of sp³-hybridized carbons (Fsp3) is 0. The van der Waals surface area contributed by atoms with Crippen molar-refractivity contribution in [1.82, 2.24) is 0 Å². The van der Waals surface area contributed by atoms with Gasteiger partial charge in [-0.05, 0) is 24.3 Å². The van der Waals surface area contributed by atoms with Gasteiger partial charge >= 0.3 is 5.69 Å². The zero-order valence-electron chi connectivity index (χ0n) is 10.9. The molecule has 0 saturated carbocycles. The van der Waals surface area contributed by atoms with E-state index in [1.807, 2.05) is 0 Å². The molecule has 22 heavy (non-hydrogen) atoms. The Balaban J connectivity index is 2.56. The number of nitrogens with zero attached hydrogens (tertiary/aromatic N) is 2. The van der Waals surface area contributed by atoms with Gasteiger partial charge in [0.15, 0.2) is 4.90 Å². The number of benzene rings is 2. The van der Waals surface area contributed by atoms with Crippen molar-refractivity contribution in [3.05, 3.63) is 64.0 Å². The lowest BCUT2D eigenvalue weighted by Gasteiger charge is -2.09. The molecule has 0 fully saturated rings. The molecule has 0 unspecified atom stereocenters. The van der Waals surface area contributed by atoms with Crippen LogP contribution in [0.25, 0.3) is 0 Å². The number of nitro groups is 1. The normalized spacial score (nSPS) is 10.7. The van der Waals surface area contributed by atoms with Crippen LogP contribution >= 0.6 is 0 Å². The maximum absolute atomic E-state index is 13.5. The van der Waals surface area contributed by atoms with Crippen molar-refractivity contribution in [3.8, 4) is 6.07 Å². The molecule has 2 aromatic carbocycles. The fourth-order valence-corrected chi connectivity index (χ4v) is 3.02. The first-order valence-corrected chi connectivity index (χ1v) is 7.30. The second-order valence-electron chi connectivity index (χ2n) is 4.11. The third kappa shape index (κ3) is 2.87. The number of hydrogen-bond acceptors (Lipinski definition) is 5. The molecule has 0 amide bonds. The molecule has 0 aliphatic carbocycles. The van der Waals surface area contributed by atoms with Crippen LogP contribution in [0.5, 0.6) is 0 Å². The smallest absolute Gasteiger partial charge is 0.278 e. The van der Waals surface area contributed by atoms with Crippen LogP contribution < -0.4 is 4.72 Å². The molecule has 0 aromatic heterocycles. The maximum atomic E-state index is 13.5. The minimum Gasteiger partial charge on any atom is -0.278 e. The van der Waals surface area contributed by atoms with Crippen LogP contribution in [0.15, 0.2) is 47.4 Å². The van der Waals surface area contributed by atoms with Crippen LogP contribution in [0.2, 0.25) is 0 Å². The average molecular weight is 321 g/mol. The van der Waals surface area contributed by atoms with Gasteiger partial charge in [-0.25, -0.2) is 8.42 Å². The van der Waals surface area contributed by atoms with E-state index in [1.54, 1.807) is 6.07 Å². The molecule has 2 rings (SSSR count). The Labute approximate surface area is 124 Å². The van der Waals surface area contributed by atoms with E-state index in [0.29, 0.717) is 0 Å². The lowest BCUT2D eigenvalue weighted by Crippen LogP contribution is -2.16. The van der Waals surface area contributed by atoms with Crippen molar-refractivity contribution in [2.45, 2.75) is 4.90 Å². The summed E-state index contributed by atoms with van der Waals surface area (Å²) in [7, 11) is -4.43. The minimum atomic E-state index is -4.43. The minimum absolute atomic E-state index is 0.0325. The van der Waals surface area contributed by atoms with Gasteiger partial charge in [-0.3, -0.25) is 14.8 Å². The standard InChI is InChI=1S/C13H8FN3O4S/c14-10-5-3-7-12(13(10)17(18)19)22(20,21)16-11-6-2-1-4-9(11)8-15/h1-7,16H. The molecule has 9 heteroatoms. The molecule has 0 spiro atoms. The van der Waals surface area contributed by atoms with E-state index >= 15 is 0 Å². The number of hydrogen-bond donors (Lipinski definition) is 1.